The summed E-state index contributed by atoms with van der Waals surface area (Å²) in [7, 11) is 0. The van der Waals surface area contributed by atoms with E-state index in [9.17, 15) is 0 Å². The number of hydrogen-bond acceptors (Lipinski definition) is 3. The minimum atomic E-state index is 0.928. The van der Waals surface area contributed by atoms with Gasteiger partial charge in [-0.1, -0.05) is 34.1 Å². The van der Waals surface area contributed by atoms with Crippen LogP contribution in [-0.4, -0.2) is 4.98 Å². The molecule has 0 bridgehead atoms. The van der Waals surface area contributed by atoms with Crippen LogP contribution in [0.1, 0.15) is 16.0 Å². The first kappa shape index (κ1) is 15.3. The van der Waals surface area contributed by atoms with Crippen LogP contribution in [0.2, 0.25) is 0 Å². The number of nitrogens with one attached hydrogen (secondary N) is 1. The van der Waals surface area contributed by atoms with Crippen LogP contribution in [0, 0.1) is 20.8 Å². The second-order valence-electron chi connectivity index (χ2n) is 5.44. The number of benzene rings is 2. The van der Waals surface area contributed by atoms with Gasteiger partial charge >= 0.3 is 0 Å². The first-order chi connectivity index (χ1) is 10.5. The van der Waals surface area contributed by atoms with Gasteiger partial charge in [0, 0.05) is 20.6 Å². The number of halogens is 1. The molecular weight excluding hydrogens is 356 g/mol. The van der Waals surface area contributed by atoms with Crippen molar-refractivity contribution in [1.82, 2.24) is 4.98 Å². The van der Waals surface area contributed by atoms with Gasteiger partial charge in [0.25, 0.3) is 0 Å². The lowest BCUT2D eigenvalue weighted by atomic mass is 10.1. The van der Waals surface area contributed by atoms with Crippen molar-refractivity contribution in [2.24, 2.45) is 0 Å². The second-order valence-corrected chi connectivity index (χ2v) is 7.55. The summed E-state index contributed by atoms with van der Waals surface area (Å²) in [5.41, 5.74) is 5.77. The quantitative estimate of drug-likeness (QED) is 0.588. The van der Waals surface area contributed by atoms with Gasteiger partial charge in [-0.25, -0.2) is 4.98 Å². The Balaban J connectivity index is 1.92. The second kappa shape index (κ2) is 6.23. The molecule has 0 atom stereocenters. The molecular formula is C18H17BrN2S. The van der Waals surface area contributed by atoms with Crippen molar-refractivity contribution in [2.75, 3.05) is 5.32 Å². The SMILES string of the molecule is Cc1cc(C)cc(Nc2nc(-c3cccc(Br)c3)c(C)s2)c1. The minimum absolute atomic E-state index is 0.928. The first-order valence-electron chi connectivity index (χ1n) is 7.10. The van der Waals surface area contributed by atoms with Gasteiger partial charge in [-0.05, 0) is 56.2 Å². The van der Waals surface area contributed by atoms with Crippen LogP contribution in [-0.2, 0) is 0 Å². The van der Waals surface area contributed by atoms with Gasteiger partial charge in [-0.15, -0.1) is 11.3 Å². The number of nitrogens with zero attached hydrogens (tertiary/aromatic N) is 1. The molecule has 0 amide bonds. The van der Waals surface area contributed by atoms with Gasteiger partial charge in [0.1, 0.15) is 0 Å². The zero-order chi connectivity index (χ0) is 15.7. The maximum Gasteiger partial charge on any atom is 0.187 e. The third-order valence-electron chi connectivity index (χ3n) is 3.37. The molecule has 1 heterocycles. The Bertz CT molecular complexity index is 803. The Hall–Kier alpha value is -1.65. The molecule has 1 aromatic heterocycles. The Labute approximate surface area is 143 Å². The van der Waals surface area contributed by atoms with E-state index in [4.69, 9.17) is 4.98 Å². The highest BCUT2D eigenvalue weighted by Crippen LogP contribution is 2.33. The van der Waals surface area contributed by atoms with E-state index >= 15 is 0 Å². The third-order valence-corrected chi connectivity index (χ3v) is 4.75. The Morgan fingerprint density at radius 3 is 2.41 bits per heavy atom. The minimum Gasteiger partial charge on any atom is -0.332 e. The molecule has 3 rings (SSSR count). The number of aryl methyl sites for hydroxylation is 3. The summed E-state index contributed by atoms with van der Waals surface area (Å²) < 4.78 is 1.07. The summed E-state index contributed by atoms with van der Waals surface area (Å²) in [6, 6.07) is 14.7. The van der Waals surface area contributed by atoms with Crippen molar-refractivity contribution in [2.45, 2.75) is 20.8 Å². The van der Waals surface area contributed by atoms with E-state index in [0.29, 0.717) is 0 Å². The first-order valence-corrected chi connectivity index (χ1v) is 8.71. The number of thiazole rings is 1. The summed E-state index contributed by atoms with van der Waals surface area (Å²) >= 11 is 5.20. The van der Waals surface area contributed by atoms with Crippen LogP contribution in [0.25, 0.3) is 11.3 Å². The molecule has 0 spiro atoms. The maximum atomic E-state index is 4.76. The van der Waals surface area contributed by atoms with Crippen molar-refractivity contribution < 1.29 is 0 Å². The lowest BCUT2D eigenvalue weighted by Gasteiger charge is -2.05. The van der Waals surface area contributed by atoms with E-state index in [-0.39, 0.29) is 0 Å². The smallest absolute Gasteiger partial charge is 0.187 e. The highest BCUT2D eigenvalue weighted by molar-refractivity contribution is 9.10. The summed E-state index contributed by atoms with van der Waals surface area (Å²) in [6.07, 6.45) is 0. The average Bonchev–Trinajstić information content (AvgIpc) is 2.78. The maximum absolute atomic E-state index is 4.76. The van der Waals surface area contributed by atoms with Crippen LogP contribution in [0.4, 0.5) is 10.8 Å². The fourth-order valence-electron chi connectivity index (χ4n) is 2.52. The van der Waals surface area contributed by atoms with Gasteiger partial charge in [-0.2, -0.15) is 0 Å². The topological polar surface area (TPSA) is 24.9 Å². The Kier molecular flexibility index (Phi) is 4.32. The Morgan fingerprint density at radius 2 is 1.73 bits per heavy atom. The third kappa shape index (κ3) is 3.39. The highest BCUT2D eigenvalue weighted by Gasteiger charge is 2.10. The van der Waals surface area contributed by atoms with Crippen LogP contribution in [0.3, 0.4) is 0 Å². The summed E-state index contributed by atoms with van der Waals surface area (Å²) in [5, 5.41) is 4.36. The molecule has 0 aliphatic carbocycles. The van der Waals surface area contributed by atoms with E-state index in [2.05, 4.69) is 72.3 Å². The van der Waals surface area contributed by atoms with Crippen molar-refractivity contribution in [3.8, 4) is 11.3 Å². The van der Waals surface area contributed by atoms with Gasteiger partial charge in [0.15, 0.2) is 5.13 Å². The standard InChI is InChI=1S/C18H17BrN2S/c1-11-7-12(2)9-16(8-11)20-18-21-17(13(3)22-18)14-5-4-6-15(19)10-14/h4-10H,1-3H3,(H,20,21). The van der Waals surface area contributed by atoms with Crippen molar-refractivity contribution in [3.63, 3.8) is 0 Å². The van der Waals surface area contributed by atoms with Gasteiger partial charge in [0.2, 0.25) is 0 Å². The van der Waals surface area contributed by atoms with Crippen molar-refractivity contribution in [3.05, 3.63) is 62.9 Å². The van der Waals surface area contributed by atoms with E-state index in [1.807, 2.05) is 12.1 Å². The molecule has 4 heteroatoms. The van der Waals surface area contributed by atoms with E-state index in [0.717, 1.165) is 26.5 Å². The van der Waals surface area contributed by atoms with Crippen LogP contribution < -0.4 is 5.32 Å². The molecule has 112 valence electrons. The lowest BCUT2D eigenvalue weighted by molar-refractivity contribution is 1.34. The van der Waals surface area contributed by atoms with Crippen LogP contribution in [0.15, 0.2) is 46.9 Å². The predicted octanol–water partition coefficient (Wildman–Crippen LogP) is 6.24. The van der Waals surface area contributed by atoms with Crippen molar-refractivity contribution >= 4 is 38.1 Å². The molecule has 0 saturated heterocycles. The fraction of sp³-hybridized carbons (Fsp3) is 0.167. The van der Waals surface area contributed by atoms with Crippen LogP contribution >= 0.6 is 27.3 Å². The summed E-state index contributed by atoms with van der Waals surface area (Å²) in [6.45, 7) is 6.33. The number of anilines is 2. The molecule has 0 fully saturated rings. The molecule has 1 N–H and O–H groups in total. The van der Waals surface area contributed by atoms with Gasteiger partial charge in [-0.3, -0.25) is 0 Å². The summed E-state index contributed by atoms with van der Waals surface area (Å²) in [5.74, 6) is 0. The molecule has 0 radical (unpaired) electrons. The van der Waals surface area contributed by atoms with Gasteiger partial charge in [0.05, 0.1) is 5.69 Å². The van der Waals surface area contributed by atoms with E-state index in [1.165, 1.54) is 16.0 Å². The zero-order valence-corrected chi connectivity index (χ0v) is 15.2. The van der Waals surface area contributed by atoms with Gasteiger partial charge < -0.3 is 5.32 Å². The molecule has 0 unspecified atom stereocenters. The normalized spacial score (nSPS) is 10.7. The number of aromatic nitrogens is 1. The molecule has 0 aliphatic rings. The predicted molar refractivity (Wildman–Crippen MR) is 99.2 cm³/mol. The molecule has 0 saturated carbocycles. The largest absolute Gasteiger partial charge is 0.332 e. The fourth-order valence-corrected chi connectivity index (χ4v) is 3.78. The summed E-state index contributed by atoms with van der Waals surface area (Å²) in [4.78, 5) is 5.98. The van der Waals surface area contributed by atoms with Crippen LogP contribution in [0.5, 0.6) is 0 Å². The molecule has 0 aliphatic heterocycles. The monoisotopic (exact) mass is 372 g/mol. The highest BCUT2D eigenvalue weighted by atomic mass is 79.9. The van der Waals surface area contributed by atoms with Crippen molar-refractivity contribution in [1.29, 1.82) is 0 Å². The molecule has 2 nitrogen and oxygen atoms in total. The zero-order valence-electron chi connectivity index (χ0n) is 12.8. The Morgan fingerprint density at radius 1 is 1.00 bits per heavy atom. The number of hydrogen-bond donors (Lipinski definition) is 1. The lowest BCUT2D eigenvalue weighted by Crippen LogP contribution is -1.91. The molecule has 22 heavy (non-hydrogen) atoms. The molecule has 3 aromatic rings. The average molecular weight is 373 g/mol. The number of rotatable bonds is 3. The van der Waals surface area contributed by atoms with E-state index in [1.54, 1.807) is 11.3 Å². The molecule has 2 aromatic carbocycles. The van der Waals surface area contributed by atoms with E-state index < -0.39 is 0 Å².